The molecule has 0 bridgehead atoms. The number of rotatable bonds is 5. The first-order valence-corrected chi connectivity index (χ1v) is 5.84. The van der Waals surface area contributed by atoms with Crippen molar-refractivity contribution in [1.29, 1.82) is 0 Å². The highest BCUT2D eigenvalue weighted by Gasteiger charge is 2.34. The van der Waals surface area contributed by atoms with E-state index >= 15 is 0 Å². The van der Waals surface area contributed by atoms with Gasteiger partial charge in [0.25, 0.3) is 0 Å². The van der Waals surface area contributed by atoms with E-state index in [4.69, 9.17) is 0 Å². The summed E-state index contributed by atoms with van der Waals surface area (Å²) in [5.74, 6) is 1.94. The van der Waals surface area contributed by atoms with Crippen LogP contribution in [0.2, 0.25) is 0 Å². The minimum absolute atomic E-state index is 0.394. The Labute approximate surface area is 91.1 Å². The summed E-state index contributed by atoms with van der Waals surface area (Å²) in [5, 5.41) is 7.75. The Hall–Kier alpha value is -0.900. The molecule has 1 aromatic rings. The summed E-state index contributed by atoms with van der Waals surface area (Å²) in [7, 11) is 0. The maximum atomic E-state index is 4.28. The zero-order chi connectivity index (χ0) is 10.8. The van der Waals surface area contributed by atoms with Crippen LogP contribution >= 0.6 is 0 Å². The molecule has 1 heterocycles. The van der Waals surface area contributed by atoms with Gasteiger partial charge in [0, 0.05) is 12.1 Å². The molecule has 0 aliphatic heterocycles. The second-order valence-electron chi connectivity index (χ2n) is 4.61. The third kappa shape index (κ3) is 2.37. The summed E-state index contributed by atoms with van der Waals surface area (Å²) in [6.45, 7) is 7.36. The first-order chi connectivity index (χ1) is 7.22. The van der Waals surface area contributed by atoms with Crippen molar-refractivity contribution in [3.63, 3.8) is 0 Å². The van der Waals surface area contributed by atoms with Gasteiger partial charge in [-0.3, -0.25) is 0 Å². The van der Waals surface area contributed by atoms with E-state index in [0.29, 0.717) is 12.1 Å². The summed E-state index contributed by atoms with van der Waals surface area (Å²) in [4.78, 5) is 4.28. The first-order valence-electron chi connectivity index (χ1n) is 5.84. The second kappa shape index (κ2) is 4.31. The molecule has 4 heteroatoms. The molecule has 1 saturated carbocycles. The van der Waals surface area contributed by atoms with E-state index < -0.39 is 0 Å². The predicted molar refractivity (Wildman–Crippen MR) is 59.4 cm³/mol. The van der Waals surface area contributed by atoms with Gasteiger partial charge in [-0.05, 0) is 26.2 Å². The highest BCUT2D eigenvalue weighted by Crippen LogP contribution is 2.33. The molecule has 4 nitrogen and oxygen atoms in total. The van der Waals surface area contributed by atoms with Crippen LogP contribution in [0.1, 0.15) is 45.5 Å². The van der Waals surface area contributed by atoms with Crippen molar-refractivity contribution in [2.75, 3.05) is 0 Å². The average Bonchev–Trinajstić information content (AvgIpc) is 2.81. The van der Waals surface area contributed by atoms with Gasteiger partial charge in [0.15, 0.2) is 0 Å². The third-order valence-electron chi connectivity index (χ3n) is 3.11. The summed E-state index contributed by atoms with van der Waals surface area (Å²) in [5.41, 5.74) is 0. The van der Waals surface area contributed by atoms with Crippen molar-refractivity contribution in [3.8, 4) is 0 Å². The maximum absolute atomic E-state index is 4.28. The number of nitrogens with one attached hydrogen (secondary N) is 1. The molecule has 2 unspecified atom stereocenters. The maximum Gasteiger partial charge on any atom is 0.141 e. The van der Waals surface area contributed by atoms with Crippen molar-refractivity contribution in [1.82, 2.24) is 20.1 Å². The Balaban J connectivity index is 1.86. The van der Waals surface area contributed by atoms with Crippen LogP contribution in [0.25, 0.3) is 0 Å². The fourth-order valence-corrected chi connectivity index (χ4v) is 2.00. The molecule has 1 aliphatic rings. The fraction of sp³-hybridized carbons (Fsp3) is 0.818. The molecule has 1 aromatic heterocycles. The van der Waals surface area contributed by atoms with E-state index in [1.807, 2.05) is 4.68 Å². The van der Waals surface area contributed by atoms with Crippen molar-refractivity contribution in [3.05, 3.63) is 12.2 Å². The van der Waals surface area contributed by atoms with Crippen LogP contribution in [0.5, 0.6) is 0 Å². The van der Waals surface area contributed by atoms with Crippen LogP contribution in [0, 0.1) is 5.92 Å². The van der Waals surface area contributed by atoms with E-state index in [0.717, 1.165) is 18.3 Å². The highest BCUT2D eigenvalue weighted by molar-refractivity contribution is 4.95. The lowest BCUT2D eigenvalue weighted by Gasteiger charge is -2.09. The molecule has 1 N–H and O–H groups in total. The number of hydrogen-bond donors (Lipinski definition) is 1. The van der Waals surface area contributed by atoms with E-state index in [1.54, 1.807) is 6.33 Å². The Morgan fingerprint density at radius 2 is 2.40 bits per heavy atom. The molecule has 1 fully saturated rings. The van der Waals surface area contributed by atoms with Crippen molar-refractivity contribution in [2.24, 2.45) is 5.92 Å². The minimum Gasteiger partial charge on any atom is -0.307 e. The Kier molecular flexibility index (Phi) is 3.05. The largest absolute Gasteiger partial charge is 0.307 e. The molecular weight excluding hydrogens is 188 g/mol. The predicted octanol–water partition coefficient (Wildman–Crippen LogP) is 1.75. The topological polar surface area (TPSA) is 42.7 Å². The van der Waals surface area contributed by atoms with Crippen molar-refractivity contribution < 1.29 is 0 Å². The monoisotopic (exact) mass is 208 g/mol. The lowest BCUT2D eigenvalue weighted by molar-refractivity contribution is 0.485. The summed E-state index contributed by atoms with van der Waals surface area (Å²) >= 11 is 0. The Morgan fingerprint density at radius 3 is 3.00 bits per heavy atom. The highest BCUT2D eigenvalue weighted by atomic mass is 15.4. The summed E-state index contributed by atoms with van der Waals surface area (Å²) < 4.78 is 1.98. The molecule has 0 amide bonds. The molecule has 15 heavy (non-hydrogen) atoms. The van der Waals surface area contributed by atoms with Gasteiger partial charge in [0.2, 0.25) is 0 Å². The SMILES string of the molecule is CCC1CC1NCc1ncnn1C(C)C. The molecule has 2 atom stereocenters. The normalized spacial score (nSPS) is 24.8. The van der Waals surface area contributed by atoms with Crippen molar-refractivity contribution >= 4 is 0 Å². The van der Waals surface area contributed by atoms with Crippen LogP contribution in [0.3, 0.4) is 0 Å². The van der Waals surface area contributed by atoms with E-state index in [-0.39, 0.29) is 0 Å². The molecule has 0 radical (unpaired) electrons. The van der Waals surface area contributed by atoms with Gasteiger partial charge in [-0.2, -0.15) is 5.10 Å². The van der Waals surface area contributed by atoms with E-state index in [9.17, 15) is 0 Å². The molecule has 0 saturated heterocycles. The van der Waals surface area contributed by atoms with Gasteiger partial charge in [-0.15, -0.1) is 0 Å². The van der Waals surface area contributed by atoms with Gasteiger partial charge < -0.3 is 5.32 Å². The molecule has 0 aromatic carbocycles. The van der Waals surface area contributed by atoms with Gasteiger partial charge in [-0.25, -0.2) is 9.67 Å². The molecule has 0 spiro atoms. The number of nitrogens with zero attached hydrogens (tertiary/aromatic N) is 3. The summed E-state index contributed by atoms with van der Waals surface area (Å²) in [6.07, 6.45) is 4.25. The van der Waals surface area contributed by atoms with Crippen LogP contribution < -0.4 is 5.32 Å². The average molecular weight is 208 g/mol. The van der Waals surface area contributed by atoms with Gasteiger partial charge in [-0.1, -0.05) is 13.3 Å². The van der Waals surface area contributed by atoms with Gasteiger partial charge >= 0.3 is 0 Å². The van der Waals surface area contributed by atoms with E-state index in [2.05, 4.69) is 36.2 Å². The lowest BCUT2D eigenvalue weighted by atomic mass is 10.3. The number of aromatic nitrogens is 3. The Bertz CT molecular complexity index is 318. The fourth-order valence-electron chi connectivity index (χ4n) is 2.00. The summed E-state index contributed by atoms with van der Waals surface area (Å²) in [6, 6.07) is 1.11. The van der Waals surface area contributed by atoms with Gasteiger partial charge in [0.1, 0.15) is 12.2 Å². The Morgan fingerprint density at radius 1 is 1.60 bits per heavy atom. The number of hydrogen-bond acceptors (Lipinski definition) is 3. The smallest absolute Gasteiger partial charge is 0.141 e. The third-order valence-corrected chi connectivity index (χ3v) is 3.11. The van der Waals surface area contributed by atoms with Crippen LogP contribution in [0.4, 0.5) is 0 Å². The van der Waals surface area contributed by atoms with E-state index in [1.165, 1.54) is 12.8 Å². The lowest BCUT2D eigenvalue weighted by Crippen LogP contribution is -2.21. The quantitative estimate of drug-likeness (QED) is 0.801. The molecule has 84 valence electrons. The zero-order valence-corrected chi connectivity index (χ0v) is 9.77. The van der Waals surface area contributed by atoms with Crippen LogP contribution in [-0.4, -0.2) is 20.8 Å². The molecule has 2 rings (SSSR count). The van der Waals surface area contributed by atoms with Gasteiger partial charge in [0.05, 0.1) is 6.54 Å². The molecule has 1 aliphatic carbocycles. The van der Waals surface area contributed by atoms with Crippen LogP contribution in [-0.2, 0) is 6.54 Å². The second-order valence-corrected chi connectivity index (χ2v) is 4.61. The zero-order valence-electron chi connectivity index (χ0n) is 9.77. The minimum atomic E-state index is 0.394. The first kappa shape index (κ1) is 10.6. The standard InChI is InChI=1S/C11H20N4/c1-4-9-5-10(9)12-6-11-13-7-14-15(11)8(2)3/h7-10,12H,4-6H2,1-3H3. The molecular formula is C11H20N4. The van der Waals surface area contributed by atoms with Crippen LogP contribution in [0.15, 0.2) is 6.33 Å². The van der Waals surface area contributed by atoms with Crippen molar-refractivity contribution in [2.45, 2.75) is 52.2 Å².